The minimum Gasteiger partial charge on any atom is -0.518 e. The van der Waals surface area contributed by atoms with Crippen LogP contribution in [0, 0.1) is 31.9 Å². The molecular formula is C46H46N4OPt. The molecule has 0 amide bonds. The summed E-state index contributed by atoms with van der Waals surface area (Å²) in [4.78, 5) is 12.5. The van der Waals surface area contributed by atoms with Crippen molar-refractivity contribution in [3.8, 4) is 5.82 Å². The van der Waals surface area contributed by atoms with Gasteiger partial charge in [0.25, 0.3) is 0 Å². The Morgan fingerprint density at radius 2 is 1.58 bits per heavy atom. The first-order valence-corrected chi connectivity index (χ1v) is 18.6. The number of ether oxygens (including phenoxy) is 1. The number of hydrogen-bond acceptors (Lipinski definition) is 4. The van der Waals surface area contributed by atoms with Crippen LogP contribution in [0.1, 0.15) is 93.7 Å². The molecule has 1 atom stereocenters. The Balaban J connectivity index is 0.00000387. The molecule has 0 spiro atoms. The second kappa shape index (κ2) is 12.7. The summed E-state index contributed by atoms with van der Waals surface area (Å²) in [7, 11) is 0. The van der Waals surface area contributed by atoms with Crippen LogP contribution in [0.25, 0.3) is 27.6 Å². The van der Waals surface area contributed by atoms with Gasteiger partial charge in [0.15, 0.2) is 0 Å². The number of rotatable bonds is 4. The number of aryl methyl sites for hydroxylation is 2. The van der Waals surface area contributed by atoms with E-state index in [9.17, 15) is 0 Å². The quantitative estimate of drug-likeness (QED) is 0.166. The Hall–Kier alpha value is -4.21. The Morgan fingerprint density at radius 3 is 2.37 bits per heavy atom. The summed E-state index contributed by atoms with van der Waals surface area (Å²) in [5.41, 5.74) is 12.0. The predicted octanol–water partition coefficient (Wildman–Crippen LogP) is 11.1. The SMILES string of the molecule is Cc1cc(C)c(N2c3[c-]c4c(cc3C(C)(C)c3ccccc32)c2ccccc2n4-c2cc(C(C)(C)C)ccn2)[c-]c1C1=N[C@H](C2CCCC2)CO1.[Pt+2]. The number of anilines is 3. The molecule has 1 fully saturated rings. The molecule has 3 aliphatic rings. The van der Waals surface area contributed by atoms with Crippen LogP contribution in [0.2, 0.25) is 0 Å². The third-order valence-corrected chi connectivity index (χ3v) is 11.7. The van der Waals surface area contributed by atoms with Crippen molar-refractivity contribution in [2.75, 3.05) is 11.5 Å². The van der Waals surface area contributed by atoms with Crippen LogP contribution < -0.4 is 4.90 Å². The van der Waals surface area contributed by atoms with Gasteiger partial charge in [-0.15, -0.1) is 40.3 Å². The molecule has 266 valence electrons. The fourth-order valence-electron chi connectivity index (χ4n) is 8.86. The van der Waals surface area contributed by atoms with E-state index in [0.29, 0.717) is 12.5 Å². The maximum atomic E-state index is 6.37. The molecule has 2 aromatic heterocycles. The summed E-state index contributed by atoms with van der Waals surface area (Å²) < 4.78 is 8.67. The van der Waals surface area contributed by atoms with Gasteiger partial charge in [0, 0.05) is 17.4 Å². The summed E-state index contributed by atoms with van der Waals surface area (Å²) in [6.45, 7) is 16.5. The zero-order chi connectivity index (χ0) is 35.2. The second-order valence-corrected chi connectivity index (χ2v) is 16.5. The molecule has 1 saturated carbocycles. The number of hydrogen-bond donors (Lipinski definition) is 0. The topological polar surface area (TPSA) is 42.7 Å². The standard InChI is InChI=1S/C46H46N4O.Pt/c1-28-22-29(2)40(25-33(28)44-48-37(27-51-44)30-14-8-9-15-30)49-39-19-13-11-17-35(39)46(6,7)36-24-34-32-16-10-12-18-38(32)50(41(34)26-42(36)49)43-23-31(20-21-47-43)45(3,4)5;/h10-13,16-24,30,37H,8-9,14-15,27H2,1-7H3;/q-2;+2/t37-;/m0./s1. The van der Waals surface area contributed by atoms with Gasteiger partial charge in [0.2, 0.25) is 0 Å². The molecule has 0 bridgehead atoms. The van der Waals surface area contributed by atoms with E-state index in [1.54, 1.807) is 0 Å². The largest absolute Gasteiger partial charge is 2.00 e. The van der Waals surface area contributed by atoms with Crippen molar-refractivity contribution in [3.63, 3.8) is 0 Å². The van der Waals surface area contributed by atoms with Crippen molar-refractivity contribution in [2.45, 2.75) is 91.0 Å². The summed E-state index contributed by atoms with van der Waals surface area (Å²) in [6, 6.07) is 34.8. The molecule has 5 nitrogen and oxygen atoms in total. The molecule has 2 aliphatic heterocycles. The average molecular weight is 866 g/mol. The van der Waals surface area contributed by atoms with Gasteiger partial charge in [0.05, 0.1) is 12.6 Å². The van der Waals surface area contributed by atoms with Crippen molar-refractivity contribution in [1.29, 1.82) is 0 Å². The van der Waals surface area contributed by atoms with Crippen LogP contribution in [0.15, 0.2) is 84.0 Å². The van der Waals surface area contributed by atoms with Crippen molar-refractivity contribution < 1.29 is 25.8 Å². The Morgan fingerprint density at radius 1 is 0.827 bits per heavy atom. The van der Waals surface area contributed by atoms with E-state index in [-0.39, 0.29) is 37.9 Å². The van der Waals surface area contributed by atoms with E-state index in [0.717, 1.165) is 56.5 Å². The molecule has 4 heterocycles. The third kappa shape index (κ3) is 5.45. The second-order valence-electron chi connectivity index (χ2n) is 16.5. The van der Waals surface area contributed by atoms with Crippen LogP contribution in [0.4, 0.5) is 17.1 Å². The first-order valence-electron chi connectivity index (χ1n) is 18.6. The Labute approximate surface area is 322 Å². The number of pyridine rings is 1. The van der Waals surface area contributed by atoms with Gasteiger partial charge in [-0.25, -0.2) is 4.98 Å². The summed E-state index contributed by atoms with van der Waals surface area (Å²) in [6.07, 6.45) is 7.05. The summed E-state index contributed by atoms with van der Waals surface area (Å²) >= 11 is 0. The van der Waals surface area contributed by atoms with E-state index in [1.165, 1.54) is 53.1 Å². The van der Waals surface area contributed by atoms with E-state index in [4.69, 9.17) is 14.7 Å². The maximum Gasteiger partial charge on any atom is 2.00 e. The van der Waals surface area contributed by atoms with Crippen molar-refractivity contribution in [1.82, 2.24) is 9.55 Å². The molecule has 0 unspecified atom stereocenters. The fraction of sp³-hybridized carbons (Fsp3) is 0.348. The zero-order valence-electron chi connectivity index (χ0n) is 31.2. The minimum absolute atomic E-state index is 0. The predicted molar refractivity (Wildman–Crippen MR) is 209 cm³/mol. The van der Waals surface area contributed by atoms with E-state index in [2.05, 4.69) is 143 Å². The van der Waals surface area contributed by atoms with E-state index < -0.39 is 0 Å². The van der Waals surface area contributed by atoms with Gasteiger partial charge in [-0.2, -0.15) is 6.07 Å². The van der Waals surface area contributed by atoms with Crippen molar-refractivity contribution in [2.24, 2.45) is 10.9 Å². The first kappa shape index (κ1) is 34.9. The fourth-order valence-corrected chi connectivity index (χ4v) is 8.86. The number of nitrogens with zero attached hydrogens (tertiary/aromatic N) is 4. The Kier molecular flexibility index (Phi) is 8.53. The normalized spacial score (nSPS) is 18.2. The summed E-state index contributed by atoms with van der Waals surface area (Å²) in [5, 5.41) is 2.38. The molecule has 0 saturated heterocycles. The van der Waals surface area contributed by atoms with Gasteiger partial charge >= 0.3 is 21.1 Å². The van der Waals surface area contributed by atoms with Crippen molar-refractivity contribution >= 4 is 44.8 Å². The van der Waals surface area contributed by atoms with Gasteiger partial charge in [-0.1, -0.05) is 114 Å². The van der Waals surface area contributed by atoms with E-state index in [1.807, 2.05) is 6.20 Å². The van der Waals surface area contributed by atoms with Crippen LogP contribution in [0.5, 0.6) is 0 Å². The molecule has 52 heavy (non-hydrogen) atoms. The monoisotopic (exact) mass is 865 g/mol. The van der Waals surface area contributed by atoms with Crippen molar-refractivity contribution in [3.05, 3.63) is 125 Å². The number of aromatic nitrogens is 2. The molecule has 6 aromatic rings. The number of aliphatic imine (C=N–C) groups is 1. The minimum atomic E-state index is -0.269. The molecule has 6 heteroatoms. The third-order valence-electron chi connectivity index (χ3n) is 11.7. The van der Waals surface area contributed by atoms with Gasteiger partial charge in [-0.05, 0) is 76.1 Å². The Bertz CT molecular complexity index is 2390. The average Bonchev–Trinajstić information content (AvgIpc) is 3.88. The maximum absolute atomic E-state index is 6.37. The summed E-state index contributed by atoms with van der Waals surface area (Å²) in [5.74, 6) is 2.26. The number of para-hydroxylation sites is 2. The van der Waals surface area contributed by atoms with E-state index >= 15 is 0 Å². The number of fused-ring (bicyclic) bond motifs is 5. The first-order chi connectivity index (χ1) is 24.5. The molecular weight excluding hydrogens is 820 g/mol. The smallest absolute Gasteiger partial charge is 0.518 e. The van der Waals surface area contributed by atoms with Crippen LogP contribution >= 0.6 is 0 Å². The molecule has 4 aromatic carbocycles. The molecule has 1 aliphatic carbocycles. The molecule has 0 radical (unpaired) electrons. The zero-order valence-corrected chi connectivity index (χ0v) is 33.5. The van der Waals surface area contributed by atoms with Gasteiger partial charge in [-0.3, -0.25) is 4.99 Å². The van der Waals surface area contributed by atoms with Crippen LogP contribution in [0.3, 0.4) is 0 Å². The molecule has 9 rings (SSSR count). The van der Waals surface area contributed by atoms with Crippen LogP contribution in [-0.4, -0.2) is 28.1 Å². The van der Waals surface area contributed by atoms with Crippen LogP contribution in [-0.2, 0) is 36.6 Å². The number of benzene rings is 4. The van der Waals surface area contributed by atoms with Gasteiger partial charge < -0.3 is 14.2 Å². The van der Waals surface area contributed by atoms with Gasteiger partial charge in [0.1, 0.15) is 11.7 Å². The molecule has 0 N–H and O–H groups in total.